The molecule has 1 atom stereocenters. The maximum absolute atomic E-state index is 14.4. The number of nitrogen functional groups attached to an aromatic ring is 1. The number of amides is 1. The molecule has 2 aliphatic rings. The molecule has 0 spiro atoms. The molecule has 1 unspecified atom stereocenters. The maximum atomic E-state index is 14.4. The summed E-state index contributed by atoms with van der Waals surface area (Å²) < 4.78 is 32.1. The Hall–Kier alpha value is -3.07. The summed E-state index contributed by atoms with van der Waals surface area (Å²) in [6, 6.07) is 14.5. The van der Waals surface area contributed by atoms with Crippen molar-refractivity contribution in [2.45, 2.75) is 51.5 Å². The number of halogens is 2. The van der Waals surface area contributed by atoms with E-state index in [2.05, 4.69) is 0 Å². The van der Waals surface area contributed by atoms with Crippen LogP contribution in [0.15, 0.2) is 54.6 Å². The van der Waals surface area contributed by atoms with Crippen molar-refractivity contribution >= 4 is 35.8 Å². The molecule has 1 amide bonds. The zero-order valence-corrected chi connectivity index (χ0v) is 22.2. The minimum absolute atomic E-state index is 0.235. The summed E-state index contributed by atoms with van der Waals surface area (Å²) in [6.07, 6.45) is 0. The summed E-state index contributed by atoms with van der Waals surface area (Å²) >= 11 is 6.55. The lowest BCUT2D eigenvalue weighted by atomic mass is 9.77. The molecule has 2 heterocycles. The molecule has 2 N–H and O–H groups in total. The monoisotopic (exact) mass is 522 g/mol. The summed E-state index contributed by atoms with van der Waals surface area (Å²) in [6.45, 7) is 8.13. The molecule has 0 saturated carbocycles. The van der Waals surface area contributed by atoms with Gasteiger partial charge in [0.15, 0.2) is 0 Å². The van der Waals surface area contributed by atoms with Gasteiger partial charge in [0.25, 0.3) is 5.91 Å². The highest BCUT2D eigenvalue weighted by molar-refractivity contribution is 6.62. The molecule has 0 radical (unpaired) electrons. The van der Waals surface area contributed by atoms with E-state index in [9.17, 15) is 9.18 Å². The van der Waals surface area contributed by atoms with Gasteiger partial charge in [0.2, 0.25) is 0 Å². The summed E-state index contributed by atoms with van der Waals surface area (Å²) in [5, 5.41) is 0.348. The fourth-order valence-electron chi connectivity index (χ4n) is 4.86. The minimum atomic E-state index is -0.683. The number of benzene rings is 3. The maximum Gasteiger partial charge on any atom is 0.494 e. The normalized spacial score (nSPS) is 19.9. The predicted molar refractivity (Wildman–Crippen MR) is 143 cm³/mol. The van der Waals surface area contributed by atoms with Gasteiger partial charge in [-0.05, 0) is 81.2 Å². The van der Waals surface area contributed by atoms with Crippen molar-refractivity contribution in [3.8, 4) is 5.75 Å². The van der Waals surface area contributed by atoms with E-state index in [-0.39, 0.29) is 12.5 Å². The van der Waals surface area contributed by atoms with Crippen LogP contribution < -0.4 is 15.9 Å². The molecule has 5 rings (SSSR count). The topological polar surface area (TPSA) is 74.0 Å². The number of hydrogen-bond donors (Lipinski definition) is 1. The molecule has 3 aromatic carbocycles. The number of ether oxygens (including phenoxy) is 1. The average Bonchev–Trinajstić information content (AvgIpc) is 3.24. The Morgan fingerprint density at radius 2 is 1.70 bits per heavy atom. The van der Waals surface area contributed by atoms with Crippen molar-refractivity contribution in [3.05, 3.63) is 87.7 Å². The molecule has 1 fully saturated rings. The molecule has 0 bridgehead atoms. The summed E-state index contributed by atoms with van der Waals surface area (Å²) in [5.74, 6) is 0.0270. The number of carbonyl (C=O) groups is 1. The van der Waals surface area contributed by atoms with E-state index in [1.807, 2.05) is 52.0 Å². The minimum Gasteiger partial charge on any atom is -0.497 e. The van der Waals surface area contributed by atoms with Gasteiger partial charge < -0.3 is 24.7 Å². The second kappa shape index (κ2) is 9.05. The van der Waals surface area contributed by atoms with E-state index in [4.69, 9.17) is 31.4 Å². The van der Waals surface area contributed by atoms with E-state index in [1.165, 1.54) is 18.2 Å². The number of hydrogen-bond acceptors (Lipinski definition) is 5. The Morgan fingerprint density at radius 3 is 2.32 bits per heavy atom. The number of fused-ring (bicyclic) bond motifs is 1. The molecule has 6 nitrogen and oxygen atoms in total. The van der Waals surface area contributed by atoms with Gasteiger partial charge in [-0.25, -0.2) is 4.39 Å². The van der Waals surface area contributed by atoms with Gasteiger partial charge in [0.05, 0.1) is 24.4 Å². The third kappa shape index (κ3) is 4.37. The molecule has 192 valence electrons. The summed E-state index contributed by atoms with van der Waals surface area (Å²) in [5.41, 5.74) is 8.90. The van der Waals surface area contributed by atoms with Crippen LogP contribution >= 0.6 is 11.6 Å². The first-order valence-corrected chi connectivity index (χ1v) is 12.5. The van der Waals surface area contributed by atoms with E-state index < -0.39 is 30.2 Å². The van der Waals surface area contributed by atoms with E-state index in [1.54, 1.807) is 24.1 Å². The number of nitrogens with zero attached hydrogens (tertiary/aromatic N) is 1. The van der Waals surface area contributed by atoms with Gasteiger partial charge in [0.1, 0.15) is 11.6 Å². The van der Waals surface area contributed by atoms with Crippen molar-refractivity contribution in [1.29, 1.82) is 0 Å². The highest BCUT2D eigenvalue weighted by Gasteiger charge is 2.52. The molecule has 2 aliphatic heterocycles. The second-order valence-corrected chi connectivity index (χ2v) is 10.9. The van der Waals surface area contributed by atoms with Crippen molar-refractivity contribution in [2.75, 3.05) is 12.8 Å². The van der Waals surface area contributed by atoms with Crippen LogP contribution in [0.5, 0.6) is 5.75 Å². The lowest BCUT2D eigenvalue weighted by molar-refractivity contribution is 0.00578. The van der Waals surface area contributed by atoms with Gasteiger partial charge in [0, 0.05) is 33.9 Å². The lowest BCUT2D eigenvalue weighted by Gasteiger charge is -2.32. The Kier molecular flexibility index (Phi) is 6.25. The highest BCUT2D eigenvalue weighted by Crippen LogP contribution is 2.45. The number of anilines is 1. The van der Waals surface area contributed by atoms with Crippen molar-refractivity contribution in [1.82, 2.24) is 4.90 Å². The van der Waals surface area contributed by atoms with Crippen molar-refractivity contribution in [2.24, 2.45) is 0 Å². The predicted octanol–water partition coefficient (Wildman–Crippen LogP) is 5.11. The molecular formula is C28H29BClFN2O4. The Labute approximate surface area is 221 Å². The third-order valence-electron chi connectivity index (χ3n) is 7.60. The van der Waals surface area contributed by atoms with Crippen LogP contribution in [0.1, 0.15) is 60.8 Å². The third-order valence-corrected chi connectivity index (χ3v) is 7.94. The van der Waals surface area contributed by atoms with Crippen molar-refractivity contribution in [3.63, 3.8) is 0 Å². The second-order valence-electron chi connectivity index (χ2n) is 10.5. The highest BCUT2D eigenvalue weighted by atomic mass is 35.5. The lowest BCUT2D eigenvalue weighted by Crippen LogP contribution is -2.41. The largest absolute Gasteiger partial charge is 0.497 e. The first kappa shape index (κ1) is 25.6. The quantitative estimate of drug-likeness (QED) is 0.372. The molecule has 1 saturated heterocycles. The fourth-order valence-corrected chi connectivity index (χ4v) is 5.08. The van der Waals surface area contributed by atoms with Gasteiger partial charge in [-0.3, -0.25) is 4.79 Å². The number of nitrogens with two attached hydrogens (primary N) is 1. The van der Waals surface area contributed by atoms with Crippen LogP contribution in [0.4, 0.5) is 10.1 Å². The van der Waals surface area contributed by atoms with Crippen LogP contribution in [-0.4, -0.2) is 36.2 Å². The Bertz CT molecular complexity index is 1360. The van der Waals surface area contributed by atoms with Crippen LogP contribution in [0.25, 0.3) is 0 Å². The SMILES string of the molecule is COc1ccc(CN2C(=O)c3cc(B4OC(C)(C)C(C)(C)O4)cc(N)c3C2c2cc(F)ccc2Cl)cc1. The Morgan fingerprint density at radius 1 is 1.05 bits per heavy atom. The number of carbonyl (C=O) groups excluding carboxylic acids is 1. The first-order chi connectivity index (χ1) is 17.4. The van der Waals surface area contributed by atoms with Crippen LogP contribution in [-0.2, 0) is 15.9 Å². The standard InChI is InChI=1S/C28H29BClFN2O4/c1-27(2)28(3,4)37-29(36-27)17-12-21-24(23(32)13-17)25(20-14-18(31)8-11-22(20)30)33(26(21)34)15-16-6-9-19(35-5)10-7-16/h6-14,25H,15,32H2,1-5H3. The summed E-state index contributed by atoms with van der Waals surface area (Å²) in [7, 11) is 0.912. The van der Waals surface area contributed by atoms with Crippen LogP contribution in [0.2, 0.25) is 5.02 Å². The van der Waals surface area contributed by atoms with Gasteiger partial charge in [-0.2, -0.15) is 0 Å². The van der Waals surface area contributed by atoms with Gasteiger partial charge in [-0.1, -0.05) is 23.7 Å². The number of rotatable bonds is 5. The van der Waals surface area contributed by atoms with Gasteiger partial charge in [-0.15, -0.1) is 0 Å². The van der Waals surface area contributed by atoms with Crippen LogP contribution in [0, 0.1) is 5.82 Å². The van der Waals surface area contributed by atoms with E-state index >= 15 is 0 Å². The zero-order chi connectivity index (χ0) is 26.7. The number of methoxy groups -OCH3 is 1. The van der Waals surface area contributed by atoms with Crippen LogP contribution in [0.3, 0.4) is 0 Å². The summed E-state index contributed by atoms with van der Waals surface area (Å²) in [4.78, 5) is 15.6. The molecule has 3 aromatic rings. The average molecular weight is 523 g/mol. The molecule has 0 aliphatic carbocycles. The molecule has 37 heavy (non-hydrogen) atoms. The first-order valence-electron chi connectivity index (χ1n) is 12.1. The fraction of sp³-hybridized carbons (Fsp3) is 0.321. The molecule has 9 heteroatoms. The molecular weight excluding hydrogens is 494 g/mol. The smallest absolute Gasteiger partial charge is 0.494 e. The van der Waals surface area contributed by atoms with Crippen molar-refractivity contribution < 1.29 is 23.2 Å². The van der Waals surface area contributed by atoms with E-state index in [0.717, 1.165) is 5.56 Å². The van der Waals surface area contributed by atoms with E-state index in [0.29, 0.717) is 38.6 Å². The zero-order valence-electron chi connectivity index (χ0n) is 21.5. The molecule has 0 aromatic heterocycles. The van der Waals surface area contributed by atoms with Gasteiger partial charge >= 0.3 is 7.12 Å². The Balaban J connectivity index is 1.61.